The van der Waals surface area contributed by atoms with Gasteiger partial charge in [-0.25, -0.2) is 4.39 Å². The monoisotopic (exact) mass is 418 g/mol. The molecule has 0 saturated carbocycles. The second-order valence-electron chi connectivity index (χ2n) is 7.41. The Bertz CT molecular complexity index is 971. The summed E-state index contributed by atoms with van der Waals surface area (Å²) in [6, 6.07) is 14.6. The van der Waals surface area contributed by atoms with Gasteiger partial charge in [-0.15, -0.1) is 11.3 Å². The molecular formula is C22H23FO5S. The first-order chi connectivity index (χ1) is 13.9. The van der Waals surface area contributed by atoms with Crippen molar-refractivity contribution in [3.05, 3.63) is 70.1 Å². The molecule has 1 aliphatic rings. The van der Waals surface area contributed by atoms with Gasteiger partial charge in [0.2, 0.25) is 0 Å². The summed E-state index contributed by atoms with van der Waals surface area (Å²) in [7, 11) is 0. The fourth-order valence-corrected chi connectivity index (χ4v) is 4.83. The van der Waals surface area contributed by atoms with Crippen molar-refractivity contribution in [2.75, 3.05) is 6.61 Å². The van der Waals surface area contributed by atoms with Crippen molar-refractivity contribution in [1.82, 2.24) is 0 Å². The predicted molar refractivity (Wildman–Crippen MR) is 109 cm³/mol. The van der Waals surface area contributed by atoms with Crippen molar-refractivity contribution in [1.29, 1.82) is 0 Å². The first kappa shape index (κ1) is 20.4. The molecule has 1 aliphatic heterocycles. The highest BCUT2D eigenvalue weighted by Crippen LogP contribution is 2.39. The van der Waals surface area contributed by atoms with Gasteiger partial charge in [-0.1, -0.05) is 30.3 Å². The molecule has 0 amide bonds. The first-order valence-corrected chi connectivity index (χ1v) is 10.3. The van der Waals surface area contributed by atoms with E-state index in [4.69, 9.17) is 4.74 Å². The van der Waals surface area contributed by atoms with Crippen LogP contribution in [0.2, 0.25) is 0 Å². The number of hydrogen-bond acceptors (Lipinski definition) is 6. The Kier molecular flexibility index (Phi) is 5.70. The molecule has 154 valence electrons. The second kappa shape index (κ2) is 8.10. The van der Waals surface area contributed by atoms with Crippen LogP contribution in [0, 0.1) is 6.92 Å². The molecule has 0 bridgehead atoms. The third-order valence-corrected chi connectivity index (χ3v) is 6.64. The molecule has 1 fully saturated rings. The number of ether oxygens (including phenoxy) is 1. The lowest BCUT2D eigenvalue weighted by molar-refractivity contribution is -0.231. The molecule has 4 rings (SSSR count). The van der Waals surface area contributed by atoms with Crippen LogP contribution in [0.4, 0.5) is 4.39 Å². The van der Waals surface area contributed by atoms with E-state index in [9.17, 15) is 20.4 Å². The normalized spacial score (nSPS) is 28.6. The molecule has 0 spiro atoms. The molecule has 2 heterocycles. The standard InChI is InChI=1S/C22H23FO5S/c1-11-6-7-13(22-21(27)20(26)19(25)15(10-24)28-22)8-14(11)18(23)17-9-12-4-2-3-5-16(12)29-17/h2-9,15,18-22,24-27H,10H2,1H3. The molecule has 1 saturated heterocycles. The number of aryl methyl sites for hydroxylation is 1. The summed E-state index contributed by atoms with van der Waals surface area (Å²) < 4.78 is 22.1. The minimum absolute atomic E-state index is 0.450. The van der Waals surface area contributed by atoms with Crippen molar-refractivity contribution >= 4 is 21.4 Å². The third kappa shape index (κ3) is 3.70. The Morgan fingerprint density at radius 2 is 1.79 bits per heavy atom. The average Bonchev–Trinajstić information content (AvgIpc) is 3.17. The molecule has 3 aromatic rings. The largest absolute Gasteiger partial charge is 0.394 e. The number of rotatable bonds is 4. The Labute approximate surface area is 171 Å². The second-order valence-corrected chi connectivity index (χ2v) is 8.53. The van der Waals surface area contributed by atoms with E-state index in [1.54, 1.807) is 18.2 Å². The van der Waals surface area contributed by atoms with Crippen LogP contribution < -0.4 is 0 Å². The zero-order valence-corrected chi connectivity index (χ0v) is 16.6. The smallest absolute Gasteiger partial charge is 0.160 e. The Balaban J connectivity index is 1.68. The van der Waals surface area contributed by atoms with Crippen LogP contribution in [-0.4, -0.2) is 51.4 Å². The Morgan fingerprint density at radius 3 is 2.52 bits per heavy atom. The summed E-state index contributed by atoms with van der Waals surface area (Å²) >= 11 is 1.39. The molecule has 29 heavy (non-hydrogen) atoms. The van der Waals surface area contributed by atoms with Gasteiger partial charge in [0.15, 0.2) is 6.17 Å². The van der Waals surface area contributed by atoms with Crippen LogP contribution in [0.1, 0.15) is 33.8 Å². The predicted octanol–water partition coefficient (Wildman–Crippen LogP) is 2.78. The van der Waals surface area contributed by atoms with E-state index >= 15 is 4.39 Å². The van der Waals surface area contributed by atoms with E-state index in [0.29, 0.717) is 16.0 Å². The van der Waals surface area contributed by atoms with Crippen molar-refractivity contribution in [3.8, 4) is 0 Å². The number of aliphatic hydroxyl groups is 4. The van der Waals surface area contributed by atoms with Crippen LogP contribution in [0.25, 0.3) is 10.1 Å². The summed E-state index contributed by atoms with van der Waals surface area (Å²) in [6.45, 7) is 1.31. The molecule has 0 aliphatic carbocycles. The lowest BCUT2D eigenvalue weighted by Gasteiger charge is -2.40. The number of fused-ring (bicyclic) bond motifs is 1. The molecule has 7 heteroatoms. The summed E-state index contributed by atoms with van der Waals surface area (Å²) in [5, 5.41) is 40.8. The van der Waals surface area contributed by atoms with E-state index < -0.39 is 43.3 Å². The molecule has 1 aromatic heterocycles. The topological polar surface area (TPSA) is 90.2 Å². The lowest BCUT2D eigenvalue weighted by Crippen LogP contribution is -2.55. The van der Waals surface area contributed by atoms with Gasteiger partial charge in [-0.2, -0.15) is 0 Å². The van der Waals surface area contributed by atoms with Crippen LogP contribution in [-0.2, 0) is 4.74 Å². The van der Waals surface area contributed by atoms with Crippen LogP contribution in [0.3, 0.4) is 0 Å². The molecule has 0 radical (unpaired) electrons. The van der Waals surface area contributed by atoms with Gasteiger partial charge < -0.3 is 25.2 Å². The summed E-state index contributed by atoms with van der Waals surface area (Å²) in [5.41, 5.74) is 1.68. The fourth-order valence-electron chi connectivity index (χ4n) is 3.77. The van der Waals surface area contributed by atoms with Gasteiger partial charge in [0, 0.05) is 9.58 Å². The van der Waals surface area contributed by atoms with Crippen LogP contribution >= 0.6 is 11.3 Å². The van der Waals surface area contributed by atoms with Gasteiger partial charge in [-0.3, -0.25) is 0 Å². The number of alkyl halides is 1. The van der Waals surface area contributed by atoms with Gasteiger partial charge in [0.1, 0.15) is 30.5 Å². The summed E-state index contributed by atoms with van der Waals surface area (Å²) in [5.74, 6) is 0. The number of hydrogen-bond donors (Lipinski definition) is 4. The first-order valence-electron chi connectivity index (χ1n) is 9.44. The minimum Gasteiger partial charge on any atom is -0.394 e. The van der Waals surface area contributed by atoms with E-state index in [2.05, 4.69) is 0 Å². The SMILES string of the molecule is Cc1ccc(C2OC(CO)C(O)C(O)C2O)cc1C(F)c1cc2ccccc2s1. The van der Waals surface area contributed by atoms with Crippen molar-refractivity contribution in [2.24, 2.45) is 0 Å². The molecule has 2 aromatic carbocycles. The van der Waals surface area contributed by atoms with Crippen molar-refractivity contribution < 1.29 is 29.6 Å². The third-order valence-electron chi connectivity index (χ3n) is 5.49. The Hall–Kier alpha value is -1.87. The van der Waals surface area contributed by atoms with E-state index in [-0.39, 0.29) is 0 Å². The zero-order chi connectivity index (χ0) is 20.7. The highest BCUT2D eigenvalue weighted by atomic mass is 32.1. The summed E-state index contributed by atoms with van der Waals surface area (Å²) in [4.78, 5) is 0.584. The van der Waals surface area contributed by atoms with Crippen LogP contribution in [0.15, 0.2) is 48.5 Å². The Morgan fingerprint density at radius 1 is 1.03 bits per heavy atom. The minimum atomic E-state index is -1.47. The van der Waals surface area contributed by atoms with Gasteiger partial charge in [-0.05, 0) is 47.2 Å². The highest BCUT2D eigenvalue weighted by Gasteiger charge is 2.44. The number of thiophene rings is 1. The molecular weight excluding hydrogens is 395 g/mol. The van der Waals surface area contributed by atoms with Crippen molar-refractivity contribution in [3.63, 3.8) is 0 Å². The number of aliphatic hydroxyl groups excluding tert-OH is 4. The molecule has 4 N–H and O–H groups in total. The highest BCUT2D eigenvalue weighted by molar-refractivity contribution is 7.19. The van der Waals surface area contributed by atoms with Crippen molar-refractivity contribution in [2.45, 2.75) is 43.6 Å². The fraction of sp³-hybridized carbons (Fsp3) is 0.364. The molecule has 5 nitrogen and oxygen atoms in total. The number of halogens is 1. The maximum atomic E-state index is 15.5. The maximum absolute atomic E-state index is 15.5. The lowest BCUT2D eigenvalue weighted by atomic mass is 9.89. The maximum Gasteiger partial charge on any atom is 0.160 e. The molecule has 6 atom stereocenters. The average molecular weight is 418 g/mol. The van der Waals surface area contributed by atoms with E-state index in [1.807, 2.05) is 37.3 Å². The number of benzene rings is 2. The van der Waals surface area contributed by atoms with Gasteiger partial charge in [0.05, 0.1) is 6.61 Å². The van der Waals surface area contributed by atoms with E-state index in [1.165, 1.54) is 11.3 Å². The van der Waals surface area contributed by atoms with E-state index in [0.717, 1.165) is 15.6 Å². The summed E-state index contributed by atoms with van der Waals surface area (Å²) in [6.07, 6.45) is -7.64. The van der Waals surface area contributed by atoms with Gasteiger partial charge in [0.25, 0.3) is 0 Å². The quantitative estimate of drug-likeness (QED) is 0.523. The van der Waals surface area contributed by atoms with Crippen LogP contribution in [0.5, 0.6) is 0 Å². The molecule has 6 unspecified atom stereocenters. The van der Waals surface area contributed by atoms with Gasteiger partial charge >= 0.3 is 0 Å². The zero-order valence-electron chi connectivity index (χ0n) is 15.8.